The minimum absolute atomic E-state index is 0.276. The Kier molecular flexibility index (Phi) is 5.56. The maximum absolute atomic E-state index is 12.1. The minimum atomic E-state index is -0.829. The fourth-order valence-electron chi connectivity index (χ4n) is 2.49. The third-order valence-electron chi connectivity index (χ3n) is 3.82. The van der Waals surface area contributed by atoms with E-state index in [9.17, 15) is 14.4 Å². The number of methoxy groups -OCH3 is 1. The lowest BCUT2D eigenvalue weighted by atomic mass is 9.82. The third kappa shape index (κ3) is 4.70. The van der Waals surface area contributed by atoms with Gasteiger partial charge in [0.25, 0.3) is 0 Å². The first-order valence-corrected chi connectivity index (χ1v) is 7.30. The lowest BCUT2D eigenvalue weighted by Gasteiger charge is -2.24. The number of carbonyl (C=O) groups is 3. The third-order valence-corrected chi connectivity index (χ3v) is 3.82. The number of ether oxygens (including phenoxy) is 3. The Morgan fingerprint density at radius 3 is 1.87 bits per heavy atom. The van der Waals surface area contributed by atoms with E-state index in [0.29, 0.717) is 31.4 Å². The number of aliphatic carboxylic acids is 1. The summed E-state index contributed by atoms with van der Waals surface area (Å²) in [6, 6.07) is 6.00. The average molecular weight is 322 g/mol. The summed E-state index contributed by atoms with van der Waals surface area (Å²) in [6.07, 6.45) is 1.17. The molecule has 0 aliphatic heterocycles. The molecule has 1 N–H and O–H groups in total. The Hall–Kier alpha value is -2.57. The van der Waals surface area contributed by atoms with Gasteiger partial charge in [0.2, 0.25) is 0 Å². The van der Waals surface area contributed by atoms with Crippen LogP contribution in [0.1, 0.15) is 25.7 Å². The molecule has 0 aromatic heterocycles. The smallest absolute Gasteiger partial charge is 0.481 e. The Balaban J connectivity index is 1.86. The maximum Gasteiger partial charge on any atom is 0.513 e. The Morgan fingerprint density at radius 2 is 1.39 bits per heavy atom. The van der Waals surface area contributed by atoms with Crippen molar-refractivity contribution in [1.29, 1.82) is 0 Å². The number of carboxylic acids is 1. The van der Waals surface area contributed by atoms with Crippen molar-refractivity contribution in [1.82, 2.24) is 0 Å². The molecule has 1 aliphatic rings. The summed E-state index contributed by atoms with van der Waals surface area (Å²) in [5.74, 6) is -1.20. The van der Waals surface area contributed by atoms with Crippen LogP contribution in [0.3, 0.4) is 0 Å². The van der Waals surface area contributed by atoms with Crippen LogP contribution in [0.5, 0.6) is 11.5 Å². The number of carboxylic acid groups (broad SMARTS) is 1. The van der Waals surface area contributed by atoms with E-state index in [4.69, 9.17) is 14.6 Å². The van der Waals surface area contributed by atoms with Crippen molar-refractivity contribution in [2.75, 3.05) is 7.11 Å². The zero-order valence-electron chi connectivity index (χ0n) is 12.7. The highest BCUT2D eigenvalue weighted by Crippen LogP contribution is 2.30. The summed E-state index contributed by atoms with van der Waals surface area (Å²) in [4.78, 5) is 33.9. The molecular weight excluding hydrogens is 304 g/mol. The van der Waals surface area contributed by atoms with Crippen LogP contribution < -0.4 is 9.47 Å². The first-order valence-electron chi connectivity index (χ1n) is 7.30. The summed E-state index contributed by atoms with van der Waals surface area (Å²) < 4.78 is 14.5. The van der Waals surface area contributed by atoms with Gasteiger partial charge in [0.05, 0.1) is 18.9 Å². The quantitative estimate of drug-likeness (QED) is 0.517. The molecule has 0 atom stereocenters. The fraction of sp³-hybridized carbons (Fsp3) is 0.438. The second-order valence-electron chi connectivity index (χ2n) is 5.34. The lowest BCUT2D eigenvalue weighted by Crippen LogP contribution is -2.28. The molecule has 1 fully saturated rings. The molecule has 0 bridgehead atoms. The highest BCUT2D eigenvalue weighted by molar-refractivity contribution is 5.76. The van der Waals surface area contributed by atoms with Crippen LogP contribution in [-0.2, 0) is 14.3 Å². The molecule has 23 heavy (non-hydrogen) atoms. The molecule has 0 spiro atoms. The molecule has 1 saturated carbocycles. The second-order valence-corrected chi connectivity index (χ2v) is 5.34. The van der Waals surface area contributed by atoms with Crippen molar-refractivity contribution in [3.63, 3.8) is 0 Å². The van der Waals surface area contributed by atoms with Crippen LogP contribution >= 0.6 is 0 Å². The van der Waals surface area contributed by atoms with E-state index in [1.807, 2.05) is 0 Å². The van der Waals surface area contributed by atoms with Gasteiger partial charge in [0, 0.05) is 0 Å². The van der Waals surface area contributed by atoms with Crippen molar-refractivity contribution in [3.8, 4) is 11.5 Å². The Bertz CT molecular complexity index is 571. The molecule has 1 aromatic rings. The van der Waals surface area contributed by atoms with Gasteiger partial charge < -0.3 is 19.3 Å². The van der Waals surface area contributed by atoms with Crippen molar-refractivity contribution >= 4 is 18.1 Å². The van der Waals surface area contributed by atoms with Gasteiger partial charge in [-0.1, -0.05) is 0 Å². The van der Waals surface area contributed by atoms with Crippen LogP contribution in [0.4, 0.5) is 4.79 Å². The Labute approximate surface area is 133 Å². The van der Waals surface area contributed by atoms with Gasteiger partial charge in [-0.3, -0.25) is 9.59 Å². The molecule has 1 aromatic carbocycles. The summed E-state index contributed by atoms with van der Waals surface area (Å²) in [7, 11) is 1.21. The van der Waals surface area contributed by atoms with Gasteiger partial charge in [-0.15, -0.1) is 0 Å². The van der Waals surface area contributed by atoms with Gasteiger partial charge in [-0.25, -0.2) is 4.79 Å². The second kappa shape index (κ2) is 7.62. The standard InChI is InChI=1S/C16H18O7/c1-21-16(20)23-13-8-6-12(7-9-13)22-15(19)11-4-2-10(3-5-11)14(17)18/h6-11H,2-5H2,1H3,(H,17,18). The van der Waals surface area contributed by atoms with Gasteiger partial charge in [0.1, 0.15) is 11.5 Å². The monoisotopic (exact) mass is 322 g/mol. The van der Waals surface area contributed by atoms with E-state index in [0.717, 1.165) is 0 Å². The summed E-state index contributed by atoms with van der Waals surface area (Å²) in [5, 5.41) is 8.94. The van der Waals surface area contributed by atoms with Gasteiger partial charge in [-0.05, 0) is 49.9 Å². The number of esters is 1. The van der Waals surface area contributed by atoms with Gasteiger partial charge in [0.15, 0.2) is 0 Å². The lowest BCUT2D eigenvalue weighted by molar-refractivity contribution is -0.146. The predicted molar refractivity (Wildman–Crippen MR) is 78.2 cm³/mol. The summed E-state index contributed by atoms with van der Waals surface area (Å²) in [5.41, 5.74) is 0. The van der Waals surface area contributed by atoms with E-state index < -0.39 is 12.1 Å². The van der Waals surface area contributed by atoms with E-state index in [-0.39, 0.29) is 23.6 Å². The van der Waals surface area contributed by atoms with Crippen LogP contribution in [0.15, 0.2) is 24.3 Å². The zero-order valence-corrected chi connectivity index (χ0v) is 12.7. The molecule has 1 aliphatic carbocycles. The highest BCUT2D eigenvalue weighted by Gasteiger charge is 2.30. The normalized spacial score (nSPS) is 20.4. The van der Waals surface area contributed by atoms with Crippen LogP contribution in [-0.4, -0.2) is 30.3 Å². The number of rotatable bonds is 4. The van der Waals surface area contributed by atoms with E-state index >= 15 is 0 Å². The van der Waals surface area contributed by atoms with Gasteiger partial charge >= 0.3 is 18.1 Å². The molecular formula is C16H18O7. The molecule has 0 unspecified atom stereocenters. The summed E-state index contributed by atoms with van der Waals surface area (Å²) >= 11 is 0. The molecule has 7 nitrogen and oxygen atoms in total. The zero-order chi connectivity index (χ0) is 16.8. The van der Waals surface area contributed by atoms with Crippen LogP contribution in [0.25, 0.3) is 0 Å². The topological polar surface area (TPSA) is 99.1 Å². The molecule has 7 heteroatoms. The van der Waals surface area contributed by atoms with Crippen molar-refractivity contribution in [2.45, 2.75) is 25.7 Å². The number of carbonyl (C=O) groups excluding carboxylic acids is 2. The van der Waals surface area contributed by atoms with Gasteiger partial charge in [-0.2, -0.15) is 0 Å². The molecule has 0 saturated heterocycles. The average Bonchev–Trinajstić information content (AvgIpc) is 2.56. The van der Waals surface area contributed by atoms with Crippen LogP contribution in [0.2, 0.25) is 0 Å². The minimum Gasteiger partial charge on any atom is -0.481 e. The van der Waals surface area contributed by atoms with E-state index in [2.05, 4.69) is 4.74 Å². The predicted octanol–water partition coefficient (Wildman–Crippen LogP) is 2.63. The van der Waals surface area contributed by atoms with E-state index in [1.165, 1.54) is 31.4 Å². The maximum atomic E-state index is 12.1. The molecule has 0 radical (unpaired) electrons. The SMILES string of the molecule is COC(=O)Oc1ccc(OC(=O)C2CCC(C(=O)O)CC2)cc1. The number of benzene rings is 1. The first kappa shape index (κ1) is 16.8. The largest absolute Gasteiger partial charge is 0.513 e. The molecule has 2 rings (SSSR count). The molecule has 124 valence electrons. The fourth-order valence-corrected chi connectivity index (χ4v) is 2.49. The van der Waals surface area contributed by atoms with Crippen molar-refractivity contribution in [3.05, 3.63) is 24.3 Å². The molecule has 0 heterocycles. The number of hydrogen-bond acceptors (Lipinski definition) is 6. The summed E-state index contributed by atoms with van der Waals surface area (Å²) in [6.45, 7) is 0. The first-order chi connectivity index (χ1) is 11.0. The highest BCUT2D eigenvalue weighted by atomic mass is 16.7. The number of hydrogen-bond donors (Lipinski definition) is 1. The van der Waals surface area contributed by atoms with E-state index in [1.54, 1.807) is 0 Å². The van der Waals surface area contributed by atoms with Crippen LogP contribution in [0, 0.1) is 11.8 Å². The van der Waals surface area contributed by atoms with Crippen molar-refractivity contribution < 1.29 is 33.7 Å². The Morgan fingerprint density at radius 1 is 0.913 bits per heavy atom. The molecule has 0 amide bonds. The van der Waals surface area contributed by atoms with Crippen molar-refractivity contribution in [2.24, 2.45) is 11.8 Å².